The van der Waals surface area contributed by atoms with Gasteiger partial charge in [-0.05, 0) is 70.3 Å². The van der Waals surface area contributed by atoms with Gasteiger partial charge in [-0.25, -0.2) is 9.78 Å². The predicted octanol–water partition coefficient (Wildman–Crippen LogP) is -0.801. The minimum absolute atomic E-state index is 0.0153. The highest BCUT2D eigenvalue weighted by Crippen LogP contribution is 2.35. The van der Waals surface area contributed by atoms with Crippen molar-refractivity contribution >= 4 is 56.2 Å². The molecule has 5 atom stereocenters. The number of aliphatic carboxylic acids is 1. The zero-order valence-electron chi connectivity index (χ0n) is 27.2. The number of nitrogens with one attached hydrogen (secondary N) is 2. The molecule has 9 N–H and O–H groups in total. The second kappa shape index (κ2) is 14.1. The first-order valence-corrected chi connectivity index (χ1v) is 17.7. The molecule has 3 aliphatic rings. The lowest BCUT2D eigenvalue weighted by Crippen LogP contribution is -2.76. The molecule has 4 heterocycles. The number of amides is 2. The number of nitrogen functional groups attached to an aromatic ring is 1. The summed E-state index contributed by atoms with van der Waals surface area (Å²) >= 11 is 0.958. The third kappa shape index (κ3) is 7.51. The summed E-state index contributed by atoms with van der Waals surface area (Å²) < 4.78 is 41.8. The molecule has 1 aromatic carbocycles. The van der Waals surface area contributed by atoms with E-state index in [1.165, 1.54) is 26.2 Å². The topological polar surface area (TPSA) is 291 Å². The van der Waals surface area contributed by atoms with Gasteiger partial charge in [0, 0.05) is 30.0 Å². The number of nitrogens with two attached hydrogens (primary N) is 2. The van der Waals surface area contributed by atoms with Gasteiger partial charge in [-0.15, -0.1) is 15.6 Å². The Hall–Kier alpha value is -4.41. The van der Waals surface area contributed by atoms with Crippen LogP contribution in [0.3, 0.4) is 0 Å². The highest BCUT2D eigenvalue weighted by atomic mass is 32.3. The zero-order valence-corrected chi connectivity index (χ0v) is 28.9. The van der Waals surface area contributed by atoms with Crippen LogP contribution < -0.4 is 26.8 Å². The van der Waals surface area contributed by atoms with Crippen LogP contribution >= 0.6 is 11.3 Å². The molecule has 21 heteroatoms. The van der Waals surface area contributed by atoms with Crippen LogP contribution in [0, 0.1) is 5.92 Å². The molecular formula is C29H38N8O11S2. The standard InChI is InChI=1S/C29H38N8O11S2/c1-28(2)22(25(40)37(28)48-50(43,44)45)35-24(39)21(18-13-49-27(31)34-18)36-47-29(3,26(41)42)20-7-5-14-10-15(4-6-19(14)46-20)23(30)33-17-8-9-32-11-16(17)12-38/h4,6,10,13,16-17,20,22,32,38H,5,7-9,11-12H2,1-3H3,(H2,30,33)(H2,31,34)(H,35,39)(H,41,42)(H,43,44,45)/t16-,17-,20?,22?,29?/m1/s1. The molecule has 3 aliphatic heterocycles. The Balaban J connectivity index is 1.35. The number of carboxylic acid groups (broad SMARTS) is 1. The van der Waals surface area contributed by atoms with Crippen LogP contribution in [-0.2, 0) is 40.3 Å². The Kier molecular flexibility index (Phi) is 10.4. The number of β-lactam (4-membered cyclic amide) rings is 1. The molecule has 5 rings (SSSR count). The van der Waals surface area contributed by atoms with Crippen LogP contribution in [0.4, 0.5) is 5.13 Å². The number of aromatic nitrogens is 1. The van der Waals surface area contributed by atoms with Crippen molar-refractivity contribution < 1.29 is 51.4 Å². The molecule has 0 saturated carbocycles. The summed E-state index contributed by atoms with van der Waals surface area (Å²) in [6, 6.07) is 3.69. The Morgan fingerprint density at radius 3 is 2.68 bits per heavy atom. The second-order valence-corrected chi connectivity index (χ2v) is 14.6. The molecule has 272 valence electrons. The molecule has 0 spiro atoms. The van der Waals surface area contributed by atoms with Crippen molar-refractivity contribution in [2.75, 3.05) is 25.4 Å². The van der Waals surface area contributed by atoms with Crippen molar-refractivity contribution in [3.63, 3.8) is 0 Å². The van der Waals surface area contributed by atoms with Crippen molar-refractivity contribution in [3.05, 3.63) is 40.4 Å². The molecular weight excluding hydrogens is 700 g/mol. The summed E-state index contributed by atoms with van der Waals surface area (Å²) in [5, 5.41) is 31.3. The number of carbonyl (C=O) groups is 3. The fourth-order valence-electron chi connectivity index (χ4n) is 5.85. The number of thiazole rings is 1. The number of oxime groups is 1. The molecule has 19 nitrogen and oxygen atoms in total. The summed E-state index contributed by atoms with van der Waals surface area (Å²) in [4.78, 5) is 53.0. The summed E-state index contributed by atoms with van der Waals surface area (Å²) in [5.74, 6) is -2.83. The van der Waals surface area contributed by atoms with Crippen LogP contribution in [0.2, 0.25) is 0 Å². The fraction of sp³-hybridized carbons (Fsp3) is 0.517. The Labute approximate surface area is 290 Å². The van der Waals surface area contributed by atoms with Crippen LogP contribution in [0.5, 0.6) is 5.75 Å². The van der Waals surface area contributed by atoms with Gasteiger partial charge < -0.3 is 41.9 Å². The number of anilines is 1. The van der Waals surface area contributed by atoms with Crippen molar-refractivity contribution in [1.29, 1.82) is 0 Å². The number of carbonyl (C=O) groups excluding carboxylic acids is 2. The van der Waals surface area contributed by atoms with Gasteiger partial charge in [0.15, 0.2) is 16.9 Å². The molecule has 1 aromatic heterocycles. The van der Waals surface area contributed by atoms with Gasteiger partial charge in [-0.2, -0.15) is 13.5 Å². The van der Waals surface area contributed by atoms with Crippen LogP contribution in [0.1, 0.15) is 50.4 Å². The van der Waals surface area contributed by atoms with Crippen LogP contribution in [-0.4, -0.2) is 112 Å². The molecule has 2 saturated heterocycles. The van der Waals surface area contributed by atoms with Gasteiger partial charge in [-0.3, -0.25) is 19.1 Å². The molecule has 0 radical (unpaired) electrons. The largest absolute Gasteiger partial charge is 0.485 e. The van der Waals surface area contributed by atoms with Gasteiger partial charge in [0.2, 0.25) is 0 Å². The summed E-state index contributed by atoms with van der Waals surface area (Å²) in [6.07, 6.45) is 0.196. The lowest BCUT2D eigenvalue weighted by Gasteiger charge is -2.50. The number of fused-ring (bicyclic) bond motifs is 1. The second-order valence-electron chi connectivity index (χ2n) is 12.7. The number of amidine groups is 1. The number of aliphatic imine (C=N–C) groups is 1. The minimum Gasteiger partial charge on any atom is -0.485 e. The number of piperidine rings is 1. The SMILES string of the molecule is CC(ON=C(C(=O)NC1C(=O)N(OS(=O)(=O)O)C1(C)C)c1csc(N)n1)(C(=O)O)C1CCc2cc(C(N)=N[C@@H]3CCNC[C@@H]3CO)ccc2O1. The number of aliphatic hydroxyl groups is 1. The number of hydrogen-bond acceptors (Lipinski definition) is 15. The number of hydrogen-bond donors (Lipinski definition) is 7. The van der Waals surface area contributed by atoms with Gasteiger partial charge in [0.1, 0.15) is 23.3 Å². The first kappa shape index (κ1) is 36.9. The molecule has 2 amide bonds. The van der Waals surface area contributed by atoms with Crippen molar-refractivity contribution in [2.45, 2.75) is 69.4 Å². The zero-order chi connectivity index (χ0) is 36.6. The average molecular weight is 739 g/mol. The summed E-state index contributed by atoms with van der Waals surface area (Å²) in [7, 11) is -5.04. The molecule has 50 heavy (non-hydrogen) atoms. The van der Waals surface area contributed by atoms with E-state index in [-0.39, 0.29) is 35.8 Å². The normalized spacial score (nSPS) is 25.1. The van der Waals surface area contributed by atoms with Crippen LogP contribution in [0.15, 0.2) is 33.7 Å². The van der Waals surface area contributed by atoms with Gasteiger partial charge in [0.25, 0.3) is 17.4 Å². The maximum Gasteiger partial charge on any atom is 0.418 e. The van der Waals surface area contributed by atoms with E-state index in [0.29, 0.717) is 35.2 Å². The number of aliphatic hydroxyl groups excluding tert-OH is 1. The van der Waals surface area contributed by atoms with Gasteiger partial charge in [-0.1, -0.05) is 5.16 Å². The van der Waals surface area contributed by atoms with Gasteiger partial charge >= 0.3 is 16.4 Å². The lowest BCUT2D eigenvalue weighted by molar-refractivity contribution is -0.218. The highest BCUT2D eigenvalue weighted by molar-refractivity contribution is 7.80. The molecule has 0 aliphatic carbocycles. The van der Waals surface area contributed by atoms with Crippen molar-refractivity contribution in [2.24, 2.45) is 21.8 Å². The maximum atomic E-state index is 13.5. The van der Waals surface area contributed by atoms with Crippen molar-refractivity contribution in [1.82, 2.24) is 20.7 Å². The number of carboxylic acids is 1. The Morgan fingerprint density at radius 1 is 1.32 bits per heavy atom. The number of ether oxygens (including phenoxy) is 1. The van der Waals surface area contributed by atoms with Crippen LogP contribution in [0.25, 0.3) is 0 Å². The number of hydroxylamine groups is 2. The predicted molar refractivity (Wildman–Crippen MR) is 177 cm³/mol. The Morgan fingerprint density at radius 2 is 2.06 bits per heavy atom. The first-order chi connectivity index (χ1) is 23.4. The average Bonchev–Trinajstić information content (AvgIpc) is 3.50. The summed E-state index contributed by atoms with van der Waals surface area (Å²) in [5.41, 5.74) is 9.31. The van der Waals surface area contributed by atoms with E-state index in [1.54, 1.807) is 12.1 Å². The van der Waals surface area contributed by atoms with E-state index < -0.39 is 57.2 Å². The Bertz CT molecular complexity index is 1830. The number of rotatable bonds is 12. The lowest BCUT2D eigenvalue weighted by atomic mass is 9.84. The van der Waals surface area contributed by atoms with E-state index in [9.17, 15) is 33.0 Å². The van der Waals surface area contributed by atoms with Gasteiger partial charge in [0.05, 0.1) is 11.6 Å². The molecule has 2 fully saturated rings. The number of aryl methyl sites for hydroxylation is 1. The number of benzene rings is 1. The third-order valence-corrected chi connectivity index (χ3v) is 9.89. The molecule has 0 bridgehead atoms. The van der Waals surface area contributed by atoms with E-state index in [2.05, 4.69) is 30.0 Å². The van der Waals surface area contributed by atoms with E-state index in [4.69, 9.17) is 25.6 Å². The van der Waals surface area contributed by atoms with E-state index >= 15 is 0 Å². The number of nitrogens with zero attached hydrogens (tertiary/aromatic N) is 4. The monoisotopic (exact) mass is 738 g/mol. The third-order valence-electron chi connectivity index (χ3n) is 8.87. The minimum atomic E-state index is -5.04. The van der Waals surface area contributed by atoms with E-state index in [1.807, 2.05) is 6.07 Å². The summed E-state index contributed by atoms with van der Waals surface area (Å²) in [6.45, 7) is 5.36. The highest BCUT2D eigenvalue weighted by Gasteiger charge is 2.58. The maximum absolute atomic E-state index is 13.5. The molecule has 2 aromatic rings. The first-order valence-electron chi connectivity index (χ1n) is 15.4. The quantitative estimate of drug-likeness (QED) is 0.0461. The smallest absolute Gasteiger partial charge is 0.418 e. The van der Waals surface area contributed by atoms with Crippen molar-refractivity contribution in [3.8, 4) is 5.75 Å². The fourth-order valence-corrected chi connectivity index (χ4v) is 6.85. The van der Waals surface area contributed by atoms with E-state index in [0.717, 1.165) is 29.9 Å². The molecule has 3 unspecified atom stereocenters.